The monoisotopic (exact) mass is 268 g/mol. The highest BCUT2D eigenvalue weighted by Crippen LogP contribution is 2.10. The van der Waals surface area contributed by atoms with E-state index in [-0.39, 0.29) is 5.76 Å². The minimum atomic E-state index is -0.401. The third-order valence-electron chi connectivity index (χ3n) is 2.92. The van der Waals surface area contributed by atoms with Gasteiger partial charge in [-0.3, -0.25) is 15.1 Å². The molecule has 1 aromatic rings. The molecule has 6 nitrogen and oxygen atoms in total. The fraction of sp³-hybridized carbons (Fsp3) is 0.615. The number of nitrogens with one attached hydrogen (secondary N) is 1. The average Bonchev–Trinajstić information content (AvgIpc) is 2.84. The molecule has 0 saturated heterocycles. The minimum Gasteiger partial charge on any atom is -0.455 e. The van der Waals surface area contributed by atoms with Gasteiger partial charge in [-0.1, -0.05) is 6.92 Å². The zero-order chi connectivity index (χ0) is 14.3. The number of carbonyl (C=O) groups excluding carboxylic acids is 1. The number of rotatable bonds is 8. The Kier molecular flexibility index (Phi) is 6.55. The predicted molar refractivity (Wildman–Crippen MR) is 74.5 cm³/mol. The van der Waals surface area contributed by atoms with E-state index in [1.165, 1.54) is 0 Å². The molecule has 6 heteroatoms. The van der Waals surface area contributed by atoms with Gasteiger partial charge in [0.15, 0.2) is 5.76 Å². The minimum absolute atomic E-state index is 0.252. The van der Waals surface area contributed by atoms with Crippen LogP contribution in [0.25, 0.3) is 0 Å². The van der Waals surface area contributed by atoms with Crippen molar-refractivity contribution in [3.63, 3.8) is 0 Å². The summed E-state index contributed by atoms with van der Waals surface area (Å²) in [6, 6.07) is 3.46. The maximum Gasteiger partial charge on any atom is 0.300 e. The molecule has 0 unspecified atom stereocenters. The Morgan fingerprint density at radius 2 is 2.11 bits per heavy atom. The maximum absolute atomic E-state index is 11.3. The van der Waals surface area contributed by atoms with Crippen LogP contribution in [-0.2, 0) is 6.54 Å². The highest BCUT2D eigenvalue weighted by molar-refractivity contribution is 5.90. The van der Waals surface area contributed by atoms with Gasteiger partial charge in [0.1, 0.15) is 5.76 Å². The highest BCUT2D eigenvalue weighted by atomic mass is 16.4. The normalized spacial score (nSPS) is 11.3. The largest absolute Gasteiger partial charge is 0.455 e. The van der Waals surface area contributed by atoms with Gasteiger partial charge in [0.2, 0.25) is 0 Å². The third kappa shape index (κ3) is 5.42. The fourth-order valence-corrected chi connectivity index (χ4v) is 1.84. The summed E-state index contributed by atoms with van der Waals surface area (Å²) in [5, 5.41) is 0. The lowest BCUT2D eigenvalue weighted by Crippen LogP contribution is -2.29. The molecule has 0 spiro atoms. The van der Waals surface area contributed by atoms with Gasteiger partial charge >= 0.3 is 5.91 Å². The van der Waals surface area contributed by atoms with Crippen LogP contribution < -0.4 is 11.3 Å². The van der Waals surface area contributed by atoms with Crippen molar-refractivity contribution in [2.45, 2.75) is 19.9 Å². The van der Waals surface area contributed by atoms with E-state index in [4.69, 9.17) is 10.3 Å². The molecule has 3 N–H and O–H groups in total. The third-order valence-corrected chi connectivity index (χ3v) is 2.92. The van der Waals surface area contributed by atoms with E-state index in [1.807, 2.05) is 6.07 Å². The Balaban J connectivity index is 2.46. The molecule has 19 heavy (non-hydrogen) atoms. The molecule has 0 radical (unpaired) electrons. The standard InChI is InChI=1S/C13H24N4O2/c1-4-17(9-5-8-16(2)3)10-11-6-7-12(19-11)13(18)15-14/h6-7H,4-5,8-10,14H2,1-3H3,(H,15,18). The van der Waals surface area contributed by atoms with Crippen LogP contribution in [0.5, 0.6) is 0 Å². The number of hydrogen-bond acceptors (Lipinski definition) is 5. The topological polar surface area (TPSA) is 74.7 Å². The number of amides is 1. The Morgan fingerprint density at radius 1 is 1.37 bits per heavy atom. The van der Waals surface area contributed by atoms with Crippen LogP contribution in [0.3, 0.4) is 0 Å². The SMILES string of the molecule is CCN(CCCN(C)C)Cc1ccc(C(=O)NN)o1. The fourth-order valence-electron chi connectivity index (χ4n) is 1.84. The second-order valence-corrected chi connectivity index (χ2v) is 4.77. The number of carbonyl (C=O) groups is 1. The van der Waals surface area contributed by atoms with Crippen molar-refractivity contribution in [3.05, 3.63) is 23.7 Å². The Bertz CT molecular complexity index is 390. The number of nitrogens with two attached hydrogens (primary N) is 1. The quantitative estimate of drug-likeness (QED) is 0.411. The first-order valence-corrected chi connectivity index (χ1v) is 6.53. The van der Waals surface area contributed by atoms with E-state index in [0.29, 0.717) is 6.54 Å². The zero-order valence-electron chi connectivity index (χ0n) is 12.0. The van der Waals surface area contributed by atoms with E-state index in [9.17, 15) is 4.79 Å². The lowest BCUT2D eigenvalue weighted by Gasteiger charge is -2.20. The van der Waals surface area contributed by atoms with Crippen molar-refractivity contribution >= 4 is 5.91 Å². The summed E-state index contributed by atoms with van der Waals surface area (Å²) in [7, 11) is 4.14. The Morgan fingerprint density at radius 3 is 2.68 bits per heavy atom. The van der Waals surface area contributed by atoms with Crippen LogP contribution in [0.4, 0.5) is 0 Å². The number of nitrogen functional groups attached to an aromatic ring is 1. The van der Waals surface area contributed by atoms with Gasteiger partial charge in [0, 0.05) is 0 Å². The van der Waals surface area contributed by atoms with Crippen molar-refractivity contribution in [2.75, 3.05) is 33.7 Å². The molecule has 0 aromatic carbocycles. The summed E-state index contributed by atoms with van der Waals surface area (Å²) in [6.45, 7) is 5.85. The summed E-state index contributed by atoms with van der Waals surface area (Å²) in [6.07, 6.45) is 1.11. The number of nitrogens with zero attached hydrogens (tertiary/aromatic N) is 2. The van der Waals surface area contributed by atoms with E-state index in [2.05, 4.69) is 36.2 Å². The van der Waals surface area contributed by atoms with Gasteiger partial charge in [-0.15, -0.1) is 0 Å². The molecule has 0 saturated carbocycles. The van der Waals surface area contributed by atoms with Crippen molar-refractivity contribution in [1.82, 2.24) is 15.2 Å². The van der Waals surface area contributed by atoms with Crippen LogP contribution in [0.15, 0.2) is 16.5 Å². The molecular formula is C13H24N4O2. The predicted octanol–water partition coefficient (Wildman–Crippen LogP) is 0.657. The molecule has 1 rings (SSSR count). The first-order valence-electron chi connectivity index (χ1n) is 6.53. The van der Waals surface area contributed by atoms with E-state index >= 15 is 0 Å². The number of furan rings is 1. The molecule has 1 amide bonds. The second-order valence-electron chi connectivity index (χ2n) is 4.77. The first kappa shape index (κ1) is 15.7. The molecule has 0 aliphatic heterocycles. The maximum atomic E-state index is 11.3. The van der Waals surface area contributed by atoms with Crippen LogP contribution in [0.2, 0.25) is 0 Å². The van der Waals surface area contributed by atoms with Crippen molar-refractivity contribution in [2.24, 2.45) is 5.84 Å². The van der Waals surface area contributed by atoms with Gasteiger partial charge < -0.3 is 9.32 Å². The molecule has 108 valence electrons. The van der Waals surface area contributed by atoms with Gasteiger partial charge in [-0.05, 0) is 52.3 Å². The molecule has 0 aliphatic rings. The molecule has 0 atom stereocenters. The summed E-state index contributed by atoms with van der Waals surface area (Å²) < 4.78 is 5.45. The van der Waals surface area contributed by atoms with Gasteiger partial charge in [-0.25, -0.2) is 5.84 Å². The van der Waals surface area contributed by atoms with Crippen LogP contribution in [0, 0.1) is 0 Å². The van der Waals surface area contributed by atoms with Gasteiger partial charge in [-0.2, -0.15) is 0 Å². The van der Waals surface area contributed by atoms with Crippen molar-refractivity contribution < 1.29 is 9.21 Å². The smallest absolute Gasteiger partial charge is 0.300 e. The Hall–Kier alpha value is -1.37. The lowest BCUT2D eigenvalue weighted by atomic mass is 10.3. The number of hydrazine groups is 1. The average molecular weight is 268 g/mol. The summed E-state index contributed by atoms with van der Waals surface area (Å²) in [5.41, 5.74) is 2.06. The van der Waals surface area contributed by atoms with Crippen molar-refractivity contribution in [3.8, 4) is 0 Å². The number of hydrogen-bond donors (Lipinski definition) is 2. The molecule has 0 fully saturated rings. The van der Waals surface area contributed by atoms with E-state index in [1.54, 1.807) is 6.07 Å². The second kappa shape index (κ2) is 7.93. The highest BCUT2D eigenvalue weighted by Gasteiger charge is 2.11. The summed E-state index contributed by atoms with van der Waals surface area (Å²) in [4.78, 5) is 15.7. The molecular weight excluding hydrogens is 244 g/mol. The molecule has 0 bridgehead atoms. The molecule has 1 heterocycles. The van der Waals surface area contributed by atoms with E-state index < -0.39 is 5.91 Å². The molecule has 0 aliphatic carbocycles. The molecule has 1 aromatic heterocycles. The van der Waals surface area contributed by atoms with Gasteiger partial charge in [0.05, 0.1) is 6.54 Å². The van der Waals surface area contributed by atoms with Crippen LogP contribution >= 0.6 is 0 Å². The summed E-state index contributed by atoms with van der Waals surface area (Å²) in [5.74, 6) is 5.69. The zero-order valence-corrected chi connectivity index (χ0v) is 12.0. The lowest BCUT2D eigenvalue weighted by molar-refractivity contribution is 0.0922. The summed E-state index contributed by atoms with van der Waals surface area (Å²) >= 11 is 0. The van der Waals surface area contributed by atoms with Crippen molar-refractivity contribution in [1.29, 1.82) is 0 Å². The van der Waals surface area contributed by atoms with E-state index in [0.717, 1.165) is 31.8 Å². The Labute approximate surface area is 114 Å². The van der Waals surface area contributed by atoms with Crippen LogP contribution in [-0.4, -0.2) is 49.4 Å². The van der Waals surface area contributed by atoms with Gasteiger partial charge in [0.25, 0.3) is 0 Å². The van der Waals surface area contributed by atoms with Crippen LogP contribution in [0.1, 0.15) is 29.7 Å². The first-order chi connectivity index (χ1) is 9.06.